The maximum atomic E-state index is 13.2. The van der Waals surface area contributed by atoms with Crippen molar-refractivity contribution in [3.05, 3.63) is 46.0 Å². The lowest BCUT2D eigenvalue weighted by Crippen LogP contribution is -2.47. The molecule has 4 aliphatic rings. The first-order chi connectivity index (χ1) is 15.9. The van der Waals surface area contributed by atoms with E-state index in [0.29, 0.717) is 17.2 Å². The molecular weight excluding hydrogens is 450 g/mol. The first kappa shape index (κ1) is 19.9. The number of fused-ring (bicyclic) bond motifs is 8. The third-order valence-corrected chi connectivity index (χ3v) is 7.74. The zero-order chi connectivity index (χ0) is 22.9. The van der Waals surface area contributed by atoms with Gasteiger partial charge in [-0.05, 0) is 30.4 Å². The highest BCUT2D eigenvalue weighted by Gasteiger charge is 2.70. The van der Waals surface area contributed by atoms with Crippen LogP contribution in [0.4, 0.5) is 16.5 Å². The molecule has 6 atom stereocenters. The normalized spacial score (nSPS) is 31.3. The van der Waals surface area contributed by atoms with Gasteiger partial charge in [-0.2, -0.15) is 5.11 Å². The number of likely N-dealkylation sites (tertiary alicyclic amines) is 1. The van der Waals surface area contributed by atoms with Crippen molar-refractivity contribution < 1.29 is 19.3 Å². The number of hydrogen-bond donors (Lipinski definition) is 1. The van der Waals surface area contributed by atoms with Crippen molar-refractivity contribution in [2.24, 2.45) is 34.0 Å². The highest BCUT2D eigenvalue weighted by atomic mass is 32.1. The molecule has 6 unspecified atom stereocenters. The lowest BCUT2D eigenvalue weighted by Gasteiger charge is -2.33. The number of carbonyl (C=O) groups excluding carboxylic acids is 3. The Balaban J connectivity index is 1.22. The molecule has 1 aromatic heterocycles. The summed E-state index contributed by atoms with van der Waals surface area (Å²) >= 11 is 1.25. The van der Waals surface area contributed by atoms with Gasteiger partial charge >= 0.3 is 0 Å². The van der Waals surface area contributed by atoms with Gasteiger partial charge in [0.25, 0.3) is 5.69 Å². The average Bonchev–Trinajstić information content (AvgIpc) is 3.60. The molecule has 2 aliphatic carbocycles. The summed E-state index contributed by atoms with van der Waals surface area (Å²) in [5.41, 5.74) is 0.625. The van der Waals surface area contributed by atoms with Crippen LogP contribution < -0.4 is 10.3 Å². The highest BCUT2D eigenvalue weighted by Crippen LogP contribution is 2.60. The summed E-state index contributed by atoms with van der Waals surface area (Å²) in [5.74, 6) is -2.40. The number of non-ortho nitro benzene ring substituents is 1. The number of nitro groups is 1. The molecule has 1 N–H and O–H groups in total. The number of nitro benzene ring substituents is 1. The molecule has 1 saturated heterocycles. The Kier molecular flexibility index (Phi) is 4.30. The Morgan fingerprint density at radius 3 is 2.58 bits per heavy atom. The van der Waals surface area contributed by atoms with E-state index in [4.69, 9.17) is 0 Å². The minimum absolute atomic E-state index is 0.0253. The third kappa shape index (κ3) is 2.88. The van der Waals surface area contributed by atoms with Gasteiger partial charge < -0.3 is 5.32 Å². The van der Waals surface area contributed by atoms with Crippen molar-refractivity contribution in [1.82, 2.24) is 9.88 Å². The number of hydrogen-bond acceptors (Lipinski definition) is 10. The largest absolute Gasteiger partial charge is 0.300 e. The Labute approximate surface area is 190 Å². The summed E-state index contributed by atoms with van der Waals surface area (Å²) in [6, 6.07) is 5.60. The molecule has 1 aromatic carbocycles. The molecule has 12 nitrogen and oxygen atoms in total. The van der Waals surface area contributed by atoms with Crippen LogP contribution in [0.5, 0.6) is 0 Å². The Hall–Kier alpha value is -3.74. The number of carbonyl (C=O) groups is 3. The second kappa shape index (κ2) is 7.13. The van der Waals surface area contributed by atoms with Gasteiger partial charge in [0.1, 0.15) is 6.54 Å². The zero-order valence-electron chi connectivity index (χ0n) is 17.0. The predicted molar refractivity (Wildman–Crippen MR) is 114 cm³/mol. The van der Waals surface area contributed by atoms with Crippen LogP contribution in [0.1, 0.15) is 6.42 Å². The standard InChI is InChI=1S/C20H17N7O5S/c28-13(22-20-21-5-6-33-20)8-25-18(29)14-11-7-12(15(14)19(25)30)17-16(11)23-24-26(17)9-1-3-10(4-2-9)27(31)32/h1-6,11-12,14-17H,7-8H2,(H,21,22,28). The number of aromatic nitrogens is 1. The van der Waals surface area contributed by atoms with Crippen molar-refractivity contribution in [2.75, 3.05) is 16.9 Å². The summed E-state index contributed by atoms with van der Waals surface area (Å²) in [4.78, 5) is 54.3. The second-order valence-corrected chi connectivity index (χ2v) is 9.46. The number of thiazole rings is 1. The van der Waals surface area contributed by atoms with Crippen LogP contribution >= 0.6 is 11.3 Å². The van der Waals surface area contributed by atoms with Crippen molar-refractivity contribution in [2.45, 2.75) is 18.5 Å². The minimum atomic E-state index is -0.513. The first-order valence-corrected chi connectivity index (χ1v) is 11.3. The number of rotatable bonds is 5. The molecule has 2 saturated carbocycles. The van der Waals surface area contributed by atoms with E-state index in [1.165, 1.54) is 23.5 Å². The average molecular weight is 467 g/mol. The third-order valence-electron chi connectivity index (χ3n) is 7.05. The van der Waals surface area contributed by atoms with E-state index >= 15 is 0 Å². The Morgan fingerprint density at radius 1 is 1.18 bits per heavy atom. The molecule has 2 aliphatic heterocycles. The zero-order valence-corrected chi connectivity index (χ0v) is 17.8. The monoisotopic (exact) mass is 467 g/mol. The van der Waals surface area contributed by atoms with Crippen molar-refractivity contribution in [1.29, 1.82) is 0 Å². The highest BCUT2D eigenvalue weighted by molar-refractivity contribution is 7.13. The quantitative estimate of drug-likeness (QED) is 0.400. The Bertz CT molecular complexity index is 1200. The molecular formula is C20H17N7O5S. The van der Waals surface area contributed by atoms with E-state index in [-0.39, 0.29) is 48.0 Å². The van der Waals surface area contributed by atoms with Gasteiger partial charge in [-0.15, -0.1) is 11.3 Å². The van der Waals surface area contributed by atoms with Crippen LogP contribution in [0.3, 0.4) is 0 Å². The molecule has 3 fully saturated rings. The summed E-state index contributed by atoms with van der Waals surface area (Å²) in [5, 5.41) is 26.1. The van der Waals surface area contributed by atoms with Crippen LogP contribution in [0.15, 0.2) is 46.2 Å². The van der Waals surface area contributed by atoms with Gasteiger partial charge in [0.2, 0.25) is 17.7 Å². The van der Waals surface area contributed by atoms with E-state index in [1.807, 2.05) is 0 Å². The number of benzene rings is 1. The predicted octanol–water partition coefficient (Wildman–Crippen LogP) is 1.87. The second-order valence-electron chi connectivity index (χ2n) is 8.57. The maximum Gasteiger partial charge on any atom is 0.269 e. The van der Waals surface area contributed by atoms with Crippen LogP contribution in [-0.2, 0) is 14.4 Å². The molecule has 2 aromatic rings. The Morgan fingerprint density at radius 2 is 1.91 bits per heavy atom. The van der Waals surface area contributed by atoms with Crippen LogP contribution in [0, 0.1) is 33.8 Å². The lowest BCUT2D eigenvalue weighted by atomic mass is 9.76. The molecule has 3 heterocycles. The molecule has 33 heavy (non-hydrogen) atoms. The van der Waals surface area contributed by atoms with E-state index < -0.39 is 22.7 Å². The van der Waals surface area contributed by atoms with Gasteiger partial charge in [-0.3, -0.25) is 29.4 Å². The van der Waals surface area contributed by atoms with Gasteiger partial charge in [0.15, 0.2) is 5.13 Å². The van der Waals surface area contributed by atoms with Crippen molar-refractivity contribution in [3.63, 3.8) is 0 Å². The van der Waals surface area contributed by atoms with E-state index in [1.54, 1.807) is 28.7 Å². The van der Waals surface area contributed by atoms with E-state index in [0.717, 1.165) is 4.90 Å². The smallest absolute Gasteiger partial charge is 0.269 e. The molecule has 0 radical (unpaired) electrons. The van der Waals surface area contributed by atoms with E-state index in [2.05, 4.69) is 20.6 Å². The molecule has 13 heteroatoms. The minimum Gasteiger partial charge on any atom is -0.300 e. The summed E-state index contributed by atoms with van der Waals surface area (Å²) in [7, 11) is 0. The number of amides is 3. The summed E-state index contributed by atoms with van der Waals surface area (Å²) in [6.45, 7) is -0.341. The summed E-state index contributed by atoms with van der Waals surface area (Å²) < 4.78 is 0. The molecule has 2 bridgehead atoms. The number of imide groups is 1. The van der Waals surface area contributed by atoms with Crippen LogP contribution in [0.25, 0.3) is 0 Å². The maximum absolute atomic E-state index is 13.2. The molecule has 6 rings (SSSR count). The fraction of sp³-hybridized carbons (Fsp3) is 0.400. The molecule has 168 valence electrons. The SMILES string of the molecule is O=C(CN1C(=O)C2C3CC(C2C1=O)C1C3N=NN1c1ccc([N+](=O)[O-])cc1)Nc1nccs1. The topological polar surface area (TPSA) is 150 Å². The van der Waals surface area contributed by atoms with Crippen LogP contribution in [-0.4, -0.2) is 51.2 Å². The van der Waals surface area contributed by atoms with Gasteiger partial charge in [0, 0.05) is 23.7 Å². The molecule has 0 spiro atoms. The fourth-order valence-electron chi connectivity index (χ4n) is 5.84. The number of nitrogens with one attached hydrogen (secondary N) is 1. The van der Waals surface area contributed by atoms with E-state index in [9.17, 15) is 24.5 Å². The van der Waals surface area contributed by atoms with Gasteiger partial charge in [0.05, 0.1) is 34.5 Å². The van der Waals surface area contributed by atoms with Gasteiger partial charge in [-0.25, -0.2) is 9.99 Å². The van der Waals surface area contributed by atoms with Gasteiger partial charge in [-0.1, -0.05) is 5.22 Å². The summed E-state index contributed by atoms with van der Waals surface area (Å²) in [6.07, 6.45) is 2.24. The van der Waals surface area contributed by atoms with Crippen molar-refractivity contribution in [3.8, 4) is 0 Å². The van der Waals surface area contributed by atoms with Crippen LogP contribution in [0.2, 0.25) is 0 Å². The number of nitrogens with zero attached hydrogens (tertiary/aromatic N) is 6. The lowest BCUT2D eigenvalue weighted by molar-refractivity contribution is -0.384. The number of anilines is 2. The van der Waals surface area contributed by atoms with Crippen molar-refractivity contribution >= 4 is 45.6 Å². The first-order valence-electron chi connectivity index (χ1n) is 10.4. The fourth-order valence-corrected chi connectivity index (χ4v) is 6.39. The molecule has 3 amide bonds.